The van der Waals surface area contributed by atoms with Gasteiger partial charge in [-0.1, -0.05) is 36.4 Å². The van der Waals surface area contributed by atoms with Crippen molar-refractivity contribution in [2.75, 3.05) is 18.4 Å². The average Bonchev–Trinajstić information content (AvgIpc) is 2.65. The molecule has 1 aliphatic heterocycles. The third-order valence-electron chi connectivity index (χ3n) is 4.94. The van der Waals surface area contributed by atoms with Crippen LogP contribution in [0.5, 0.6) is 0 Å². The molecule has 0 atom stereocenters. The molecule has 5 nitrogen and oxygen atoms in total. The summed E-state index contributed by atoms with van der Waals surface area (Å²) >= 11 is 0. The summed E-state index contributed by atoms with van der Waals surface area (Å²) in [6.07, 6.45) is 1.06. The SMILES string of the molecule is Cc1cccc(C)c1NC(=O)C1CCN(S(=O)(=O)c2ccccc2)CC1. The topological polar surface area (TPSA) is 66.5 Å². The molecule has 1 fully saturated rings. The van der Waals surface area contributed by atoms with E-state index in [1.54, 1.807) is 30.3 Å². The summed E-state index contributed by atoms with van der Waals surface area (Å²) in [5.41, 5.74) is 2.92. The van der Waals surface area contributed by atoms with Crippen LogP contribution in [0.2, 0.25) is 0 Å². The number of anilines is 1. The molecule has 2 aromatic carbocycles. The summed E-state index contributed by atoms with van der Waals surface area (Å²) in [6, 6.07) is 14.4. The van der Waals surface area contributed by atoms with Gasteiger partial charge in [0.1, 0.15) is 0 Å². The van der Waals surface area contributed by atoms with E-state index in [-0.39, 0.29) is 11.8 Å². The number of hydrogen-bond donors (Lipinski definition) is 1. The van der Waals surface area contributed by atoms with Crippen LogP contribution in [0.1, 0.15) is 24.0 Å². The Hall–Kier alpha value is -2.18. The maximum Gasteiger partial charge on any atom is 0.243 e. The Kier molecular flexibility index (Phi) is 5.44. The monoisotopic (exact) mass is 372 g/mol. The van der Waals surface area contributed by atoms with Crippen LogP contribution in [0.3, 0.4) is 0 Å². The van der Waals surface area contributed by atoms with E-state index < -0.39 is 10.0 Å². The lowest BCUT2D eigenvalue weighted by atomic mass is 9.96. The normalized spacial score (nSPS) is 16.4. The number of amides is 1. The van der Waals surface area contributed by atoms with Gasteiger partial charge in [-0.2, -0.15) is 4.31 Å². The largest absolute Gasteiger partial charge is 0.325 e. The number of carbonyl (C=O) groups is 1. The summed E-state index contributed by atoms with van der Waals surface area (Å²) in [6.45, 7) is 4.67. The lowest BCUT2D eigenvalue weighted by Gasteiger charge is -2.30. The third-order valence-corrected chi connectivity index (χ3v) is 6.85. The molecule has 0 aliphatic carbocycles. The molecule has 138 valence electrons. The van der Waals surface area contributed by atoms with E-state index in [2.05, 4.69) is 5.32 Å². The van der Waals surface area contributed by atoms with E-state index >= 15 is 0 Å². The van der Waals surface area contributed by atoms with Gasteiger partial charge >= 0.3 is 0 Å². The number of nitrogens with one attached hydrogen (secondary N) is 1. The Labute approximate surface area is 155 Å². The van der Waals surface area contributed by atoms with E-state index in [0.717, 1.165) is 16.8 Å². The molecule has 3 rings (SSSR count). The fraction of sp³-hybridized carbons (Fsp3) is 0.350. The first-order chi connectivity index (χ1) is 12.4. The minimum absolute atomic E-state index is 0.0286. The second kappa shape index (κ2) is 7.60. The number of rotatable bonds is 4. The summed E-state index contributed by atoms with van der Waals surface area (Å²) < 4.78 is 26.8. The van der Waals surface area contributed by atoms with Crippen LogP contribution in [0.15, 0.2) is 53.4 Å². The predicted molar refractivity (Wildman–Crippen MR) is 102 cm³/mol. The van der Waals surface area contributed by atoms with Gasteiger partial charge in [0, 0.05) is 24.7 Å². The second-order valence-electron chi connectivity index (χ2n) is 6.75. The second-order valence-corrected chi connectivity index (χ2v) is 8.69. The first kappa shape index (κ1) is 18.6. The zero-order valence-corrected chi connectivity index (χ0v) is 15.9. The van der Waals surface area contributed by atoms with Gasteiger partial charge in [-0.05, 0) is 49.9 Å². The van der Waals surface area contributed by atoms with E-state index in [4.69, 9.17) is 0 Å². The first-order valence-electron chi connectivity index (χ1n) is 8.82. The van der Waals surface area contributed by atoms with Crippen LogP contribution >= 0.6 is 0 Å². The van der Waals surface area contributed by atoms with E-state index in [0.29, 0.717) is 30.8 Å². The molecule has 0 aromatic heterocycles. The van der Waals surface area contributed by atoms with E-state index in [1.807, 2.05) is 32.0 Å². The summed E-state index contributed by atoms with van der Waals surface area (Å²) in [7, 11) is -3.48. The zero-order valence-electron chi connectivity index (χ0n) is 15.1. The smallest absolute Gasteiger partial charge is 0.243 e. The fourth-order valence-corrected chi connectivity index (χ4v) is 4.83. The standard InChI is InChI=1S/C20H24N2O3S/c1-15-7-6-8-16(2)19(15)21-20(23)17-11-13-22(14-12-17)26(24,25)18-9-4-3-5-10-18/h3-10,17H,11-14H2,1-2H3,(H,21,23). The highest BCUT2D eigenvalue weighted by Gasteiger charge is 2.32. The molecule has 2 aromatic rings. The van der Waals surface area contributed by atoms with Crippen LogP contribution < -0.4 is 5.32 Å². The van der Waals surface area contributed by atoms with Gasteiger partial charge < -0.3 is 5.32 Å². The number of sulfonamides is 1. The first-order valence-corrected chi connectivity index (χ1v) is 10.3. The summed E-state index contributed by atoms with van der Waals surface area (Å²) in [4.78, 5) is 12.9. The highest BCUT2D eigenvalue weighted by atomic mass is 32.2. The maximum absolute atomic E-state index is 12.7. The third kappa shape index (κ3) is 3.81. The minimum atomic E-state index is -3.48. The van der Waals surface area contributed by atoms with Gasteiger partial charge in [0.15, 0.2) is 0 Å². The van der Waals surface area contributed by atoms with Crippen molar-refractivity contribution in [3.63, 3.8) is 0 Å². The number of hydrogen-bond acceptors (Lipinski definition) is 3. The molecule has 0 unspecified atom stereocenters. The quantitative estimate of drug-likeness (QED) is 0.895. The number of nitrogens with zero attached hydrogens (tertiary/aromatic N) is 1. The van der Waals surface area contributed by atoms with Crippen molar-refractivity contribution in [2.45, 2.75) is 31.6 Å². The molecule has 1 saturated heterocycles. The Morgan fingerprint density at radius 3 is 2.12 bits per heavy atom. The van der Waals surface area contributed by atoms with Gasteiger partial charge in [-0.15, -0.1) is 0 Å². The van der Waals surface area contributed by atoms with Crippen LogP contribution in [0.25, 0.3) is 0 Å². The predicted octanol–water partition coefficient (Wildman–Crippen LogP) is 3.34. The molecule has 1 heterocycles. The number of aryl methyl sites for hydroxylation is 2. The average molecular weight is 372 g/mol. The van der Waals surface area contributed by atoms with Gasteiger partial charge in [-0.25, -0.2) is 8.42 Å². The summed E-state index contributed by atoms with van der Waals surface area (Å²) in [5, 5.41) is 3.03. The number of carbonyl (C=O) groups excluding carboxylic acids is 1. The molecule has 0 saturated carbocycles. The summed E-state index contributed by atoms with van der Waals surface area (Å²) in [5.74, 6) is -0.199. The Morgan fingerprint density at radius 2 is 1.54 bits per heavy atom. The molecule has 1 aliphatic rings. The van der Waals surface area contributed by atoms with Gasteiger partial charge in [0.25, 0.3) is 0 Å². The Balaban J connectivity index is 1.64. The van der Waals surface area contributed by atoms with Gasteiger partial charge in [-0.3, -0.25) is 4.79 Å². The minimum Gasteiger partial charge on any atom is -0.325 e. The molecule has 0 bridgehead atoms. The van der Waals surface area contributed by atoms with Crippen molar-refractivity contribution in [1.29, 1.82) is 0 Å². The van der Waals surface area contributed by atoms with Crippen molar-refractivity contribution in [3.8, 4) is 0 Å². The highest BCUT2D eigenvalue weighted by Crippen LogP contribution is 2.26. The van der Waals surface area contributed by atoms with Crippen LogP contribution in [0.4, 0.5) is 5.69 Å². The van der Waals surface area contributed by atoms with Crippen LogP contribution in [-0.2, 0) is 14.8 Å². The molecule has 0 radical (unpaired) electrons. The van der Waals surface area contributed by atoms with Crippen molar-refractivity contribution < 1.29 is 13.2 Å². The van der Waals surface area contributed by atoms with Crippen LogP contribution in [0, 0.1) is 19.8 Å². The molecule has 0 spiro atoms. The lowest BCUT2D eigenvalue weighted by Crippen LogP contribution is -2.41. The molecular formula is C20H24N2O3S. The molecule has 6 heteroatoms. The molecule has 26 heavy (non-hydrogen) atoms. The maximum atomic E-state index is 12.7. The molecule has 1 amide bonds. The van der Waals surface area contributed by atoms with Gasteiger partial charge in [0.05, 0.1) is 4.90 Å². The zero-order chi connectivity index (χ0) is 18.7. The van der Waals surface area contributed by atoms with E-state index in [1.165, 1.54) is 4.31 Å². The number of piperidine rings is 1. The molecule has 1 N–H and O–H groups in total. The van der Waals surface area contributed by atoms with E-state index in [9.17, 15) is 13.2 Å². The van der Waals surface area contributed by atoms with Crippen molar-refractivity contribution >= 4 is 21.6 Å². The van der Waals surface area contributed by atoms with Crippen LogP contribution in [-0.4, -0.2) is 31.7 Å². The number of benzene rings is 2. The van der Waals surface area contributed by atoms with Crippen molar-refractivity contribution in [2.24, 2.45) is 5.92 Å². The van der Waals surface area contributed by atoms with Crippen molar-refractivity contribution in [1.82, 2.24) is 4.31 Å². The lowest BCUT2D eigenvalue weighted by molar-refractivity contribution is -0.120. The Morgan fingerprint density at radius 1 is 0.962 bits per heavy atom. The molecular weight excluding hydrogens is 348 g/mol. The number of para-hydroxylation sites is 1. The highest BCUT2D eigenvalue weighted by molar-refractivity contribution is 7.89. The van der Waals surface area contributed by atoms with Crippen molar-refractivity contribution in [3.05, 3.63) is 59.7 Å². The van der Waals surface area contributed by atoms with Gasteiger partial charge in [0.2, 0.25) is 15.9 Å². The Bertz CT molecular complexity index is 866. The fourth-order valence-electron chi connectivity index (χ4n) is 3.34.